The zero-order valence-corrected chi connectivity index (χ0v) is 10.3. The van der Waals surface area contributed by atoms with E-state index in [2.05, 4.69) is 5.32 Å². The molecule has 104 valence electrons. The normalized spacial score (nSPS) is 30.3. The number of nitrogens with zero attached hydrogens (tertiary/aromatic N) is 1. The second kappa shape index (κ2) is 5.47. The first kappa shape index (κ1) is 13.6. The van der Waals surface area contributed by atoms with E-state index in [9.17, 15) is 18.0 Å². The second-order valence-electron chi connectivity index (χ2n) is 5.17. The van der Waals surface area contributed by atoms with Crippen LogP contribution in [0.15, 0.2) is 0 Å². The zero-order chi connectivity index (χ0) is 13.2. The van der Waals surface area contributed by atoms with Crippen molar-refractivity contribution in [3.63, 3.8) is 0 Å². The lowest BCUT2D eigenvalue weighted by molar-refractivity contribution is -0.185. The molecular weight excluding hydrogens is 245 g/mol. The lowest BCUT2D eigenvalue weighted by atomic mass is 9.81. The number of alkyl halides is 3. The molecule has 0 bridgehead atoms. The van der Waals surface area contributed by atoms with Gasteiger partial charge < -0.3 is 10.2 Å². The predicted molar refractivity (Wildman–Crippen MR) is 61.0 cm³/mol. The molecule has 2 aliphatic rings. The summed E-state index contributed by atoms with van der Waals surface area (Å²) in [5.74, 6) is -1.34. The van der Waals surface area contributed by atoms with Gasteiger partial charge in [0.25, 0.3) is 0 Å². The molecule has 2 rings (SSSR count). The van der Waals surface area contributed by atoms with Crippen molar-refractivity contribution in [2.75, 3.05) is 26.2 Å². The summed E-state index contributed by atoms with van der Waals surface area (Å²) < 4.78 is 37.6. The first-order valence-electron chi connectivity index (χ1n) is 6.54. The van der Waals surface area contributed by atoms with Gasteiger partial charge in [-0.1, -0.05) is 0 Å². The lowest BCUT2D eigenvalue weighted by Crippen LogP contribution is -2.49. The number of hydrogen-bond acceptors (Lipinski definition) is 2. The average Bonchev–Trinajstić information content (AvgIpc) is 2.38. The SMILES string of the molecule is O=C(C1CCC(C(F)(F)F)CC1)N1CCNCC1. The van der Waals surface area contributed by atoms with E-state index < -0.39 is 12.1 Å². The summed E-state index contributed by atoms with van der Waals surface area (Å²) >= 11 is 0. The van der Waals surface area contributed by atoms with E-state index >= 15 is 0 Å². The summed E-state index contributed by atoms with van der Waals surface area (Å²) in [6.45, 7) is 2.92. The Labute approximate surface area is 105 Å². The van der Waals surface area contributed by atoms with Crippen molar-refractivity contribution < 1.29 is 18.0 Å². The third kappa shape index (κ3) is 3.16. The molecule has 0 spiro atoms. The minimum Gasteiger partial charge on any atom is -0.340 e. The molecule has 0 aromatic heterocycles. The number of nitrogens with one attached hydrogen (secondary N) is 1. The molecule has 1 saturated carbocycles. The van der Waals surface area contributed by atoms with Crippen LogP contribution < -0.4 is 5.32 Å². The maximum absolute atomic E-state index is 12.5. The standard InChI is InChI=1S/C12H19F3N2O/c13-12(14,15)10-3-1-9(2-4-10)11(18)17-7-5-16-6-8-17/h9-10,16H,1-8H2. The van der Waals surface area contributed by atoms with E-state index in [1.54, 1.807) is 4.90 Å². The highest BCUT2D eigenvalue weighted by atomic mass is 19.4. The lowest BCUT2D eigenvalue weighted by Gasteiger charge is -2.34. The van der Waals surface area contributed by atoms with Gasteiger partial charge in [-0.2, -0.15) is 13.2 Å². The van der Waals surface area contributed by atoms with Gasteiger partial charge in [-0.25, -0.2) is 0 Å². The van der Waals surface area contributed by atoms with Gasteiger partial charge in [0, 0.05) is 32.1 Å². The molecule has 1 aliphatic carbocycles. The van der Waals surface area contributed by atoms with Gasteiger partial charge in [-0.15, -0.1) is 0 Å². The van der Waals surface area contributed by atoms with Crippen molar-refractivity contribution in [1.29, 1.82) is 0 Å². The molecule has 1 heterocycles. The van der Waals surface area contributed by atoms with Crippen LogP contribution in [-0.2, 0) is 4.79 Å². The minimum atomic E-state index is -4.09. The highest BCUT2D eigenvalue weighted by Crippen LogP contribution is 2.39. The predicted octanol–water partition coefficient (Wildman–Crippen LogP) is 1.79. The van der Waals surface area contributed by atoms with Crippen LogP contribution in [0.5, 0.6) is 0 Å². The van der Waals surface area contributed by atoms with Crippen LogP contribution in [-0.4, -0.2) is 43.2 Å². The fourth-order valence-electron chi connectivity index (χ4n) is 2.81. The molecule has 0 radical (unpaired) electrons. The number of piperazine rings is 1. The molecule has 1 aliphatic heterocycles. The molecule has 1 amide bonds. The van der Waals surface area contributed by atoms with Crippen LogP contribution in [0.2, 0.25) is 0 Å². The highest BCUT2D eigenvalue weighted by molar-refractivity contribution is 5.79. The summed E-state index contributed by atoms with van der Waals surface area (Å²) in [4.78, 5) is 13.9. The molecule has 6 heteroatoms. The van der Waals surface area contributed by atoms with E-state index in [1.807, 2.05) is 0 Å². The van der Waals surface area contributed by atoms with Gasteiger partial charge in [0.05, 0.1) is 5.92 Å². The van der Waals surface area contributed by atoms with Crippen molar-refractivity contribution in [2.24, 2.45) is 11.8 Å². The van der Waals surface area contributed by atoms with Crippen LogP contribution in [0.25, 0.3) is 0 Å². The van der Waals surface area contributed by atoms with Crippen LogP contribution in [0.3, 0.4) is 0 Å². The van der Waals surface area contributed by atoms with Gasteiger partial charge in [0.15, 0.2) is 0 Å². The molecule has 18 heavy (non-hydrogen) atoms. The van der Waals surface area contributed by atoms with Crippen LogP contribution >= 0.6 is 0 Å². The van der Waals surface area contributed by atoms with Crippen LogP contribution in [0, 0.1) is 11.8 Å². The Bertz CT molecular complexity index is 292. The van der Waals surface area contributed by atoms with Gasteiger partial charge >= 0.3 is 6.18 Å². The van der Waals surface area contributed by atoms with E-state index in [4.69, 9.17) is 0 Å². The molecule has 3 nitrogen and oxygen atoms in total. The molecule has 1 saturated heterocycles. The summed E-state index contributed by atoms with van der Waals surface area (Å²) in [6, 6.07) is 0. The molecular formula is C12H19F3N2O. The van der Waals surface area contributed by atoms with Gasteiger partial charge in [-0.05, 0) is 25.7 Å². The average molecular weight is 264 g/mol. The van der Waals surface area contributed by atoms with Gasteiger partial charge in [0.2, 0.25) is 5.91 Å². The summed E-state index contributed by atoms with van der Waals surface area (Å²) in [5, 5.41) is 3.16. The Kier molecular flexibility index (Phi) is 4.14. The number of amides is 1. The van der Waals surface area contributed by atoms with Crippen molar-refractivity contribution in [3.8, 4) is 0 Å². The molecule has 0 aromatic carbocycles. The monoisotopic (exact) mass is 264 g/mol. The number of halogens is 3. The molecule has 0 aromatic rings. The first-order valence-corrected chi connectivity index (χ1v) is 6.54. The number of hydrogen-bond donors (Lipinski definition) is 1. The van der Waals surface area contributed by atoms with Crippen molar-refractivity contribution in [1.82, 2.24) is 10.2 Å². The van der Waals surface area contributed by atoms with Crippen molar-refractivity contribution in [2.45, 2.75) is 31.9 Å². The Morgan fingerprint density at radius 2 is 1.61 bits per heavy atom. The Morgan fingerprint density at radius 1 is 1.06 bits per heavy atom. The zero-order valence-electron chi connectivity index (χ0n) is 10.3. The fourth-order valence-corrected chi connectivity index (χ4v) is 2.81. The Morgan fingerprint density at radius 3 is 2.11 bits per heavy atom. The topological polar surface area (TPSA) is 32.3 Å². The van der Waals surface area contributed by atoms with E-state index in [0.717, 1.165) is 13.1 Å². The number of rotatable bonds is 1. The molecule has 0 atom stereocenters. The maximum atomic E-state index is 12.5. The third-order valence-corrected chi connectivity index (χ3v) is 3.97. The summed E-state index contributed by atoms with van der Waals surface area (Å²) in [6.07, 6.45) is -3.12. The summed E-state index contributed by atoms with van der Waals surface area (Å²) in [7, 11) is 0. The second-order valence-corrected chi connectivity index (χ2v) is 5.17. The maximum Gasteiger partial charge on any atom is 0.391 e. The highest BCUT2D eigenvalue weighted by Gasteiger charge is 2.42. The van der Waals surface area contributed by atoms with Crippen LogP contribution in [0.4, 0.5) is 13.2 Å². The smallest absolute Gasteiger partial charge is 0.340 e. The largest absolute Gasteiger partial charge is 0.391 e. The van der Waals surface area contributed by atoms with Crippen molar-refractivity contribution >= 4 is 5.91 Å². The van der Waals surface area contributed by atoms with Gasteiger partial charge in [-0.3, -0.25) is 4.79 Å². The number of carbonyl (C=O) groups excluding carboxylic acids is 1. The van der Waals surface area contributed by atoms with Crippen molar-refractivity contribution in [3.05, 3.63) is 0 Å². The third-order valence-electron chi connectivity index (χ3n) is 3.97. The van der Waals surface area contributed by atoms with E-state index in [-0.39, 0.29) is 24.7 Å². The molecule has 1 N–H and O–H groups in total. The quantitative estimate of drug-likeness (QED) is 0.783. The van der Waals surface area contributed by atoms with E-state index in [1.165, 1.54) is 0 Å². The van der Waals surface area contributed by atoms with Crippen LogP contribution in [0.1, 0.15) is 25.7 Å². The Balaban J connectivity index is 1.83. The van der Waals surface area contributed by atoms with Gasteiger partial charge in [0.1, 0.15) is 0 Å². The van der Waals surface area contributed by atoms with E-state index in [0.29, 0.717) is 25.9 Å². The molecule has 0 unspecified atom stereocenters. The summed E-state index contributed by atoms with van der Waals surface area (Å²) in [5.41, 5.74) is 0. The molecule has 2 fully saturated rings. The fraction of sp³-hybridized carbons (Fsp3) is 0.917. The first-order chi connectivity index (χ1) is 8.48. The number of carbonyl (C=O) groups is 1. The minimum absolute atomic E-state index is 0.0529. The Hall–Kier alpha value is -0.780.